The van der Waals surface area contributed by atoms with Crippen molar-refractivity contribution in [2.45, 2.75) is 11.8 Å². The van der Waals surface area contributed by atoms with Crippen LogP contribution in [0.25, 0.3) is 0 Å². The topological polar surface area (TPSA) is 45.1 Å². The Morgan fingerprint density at radius 3 is 3.20 bits per heavy atom. The first kappa shape index (κ1) is 9.87. The zero-order valence-corrected chi connectivity index (χ0v) is 10.3. The van der Waals surface area contributed by atoms with Gasteiger partial charge in [-0.3, -0.25) is 0 Å². The smallest absolute Gasteiger partial charge is 0.131 e. The summed E-state index contributed by atoms with van der Waals surface area (Å²) in [6.07, 6.45) is 2.71. The molecule has 3 rings (SSSR count). The number of nitrogens with zero attached hydrogens (tertiary/aromatic N) is 1. The summed E-state index contributed by atoms with van der Waals surface area (Å²) in [4.78, 5) is 4.30. The molecule has 1 aromatic heterocycles. The standard InChI is InChI=1S/C10H10BrClN2O/c11-6-2-13-9-7(8(6)12)10(4-14-9)1-5(10)3-15/h2,5,15H,1,3-4H2,(H,13,14)/t5-,10-/m1/s1. The molecule has 5 heteroatoms. The van der Waals surface area contributed by atoms with E-state index in [9.17, 15) is 5.11 Å². The minimum atomic E-state index is 0.0396. The van der Waals surface area contributed by atoms with Crippen LogP contribution in [0, 0.1) is 5.92 Å². The van der Waals surface area contributed by atoms with Gasteiger partial charge in [0.15, 0.2) is 0 Å². The van der Waals surface area contributed by atoms with Gasteiger partial charge >= 0.3 is 0 Å². The van der Waals surface area contributed by atoms with Crippen molar-refractivity contribution in [1.82, 2.24) is 4.98 Å². The van der Waals surface area contributed by atoms with Crippen LogP contribution in [0.15, 0.2) is 10.7 Å². The van der Waals surface area contributed by atoms with Gasteiger partial charge in [-0.25, -0.2) is 4.98 Å². The highest BCUT2D eigenvalue weighted by molar-refractivity contribution is 9.10. The van der Waals surface area contributed by atoms with Crippen LogP contribution in [0.4, 0.5) is 5.82 Å². The average Bonchev–Trinajstić information content (AvgIpc) is 2.81. The highest BCUT2D eigenvalue weighted by Gasteiger charge is 2.59. The molecule has 0 aromatic carbocycles. The van der Waals surface area contributed by atoms with Crippen LogP contribution >= 0.6 is 27.5 Å². The fraction of sp³-hybridized carbons (Fsp3) is 0.500. The van der Waals surface area contributed by atoms with Crippen LogP contribution in [-0.2, 0) is 5.41 Å². The quantitative estimate of drug-likeness (QED) is 0.833. The van der Waals surface area contributed by atoms with E-state index in [1.54, 1.807) is 6.20 Å². The number of nitrogens with one attached hydrogen (secondary N) is 1. The number of hydrogen-bond acceptors (Lipinski definition) is 3. The van der Waals surface area contributed by atoms with Gasteiger partial charge in [0.1, 0.15) is 5.82 Å². The normalized spacial score (nSPS) is 31.5. The summed E-state index contributed by atoms with van der Waals surface area (Å²) < 4.78 is 0.828. The Morgan fingerprint density at radius 2 is 2.53 bits per heavy atom. The molecule has 0 unspecified atom stereocenters. The zero-order chi connectivity index (χ0) is 10.6. The lowest BCUT2D eigenvalue weighted by Gasteiger charge is -2.10. The molecule has 2 heterocycles. The van der Waals surface area contributed by atoms with Gasteiger partial charge in [0.2, 0.25) is 0 Å². The van der Waals surface area contributed by atoms with E-state index < -0.39 is 0 Å². The van der Waals surface area contributed by atoms with Crippen molar-refractivity contribution in [3.8, 4) is 0 Å². The van der Waals surface area contributed by atoms with Crippen LogP contribution < -0.4 is 5.32 Å². The van der Waals surface area contributed by atoms with Gasteiger partial charge in [0.05, 0.1) is 9.50 Å². The van der Waals surface area contributed by atoms with Crippen molar-refractivity contribution in [3.05, 3.63) is 21.3 Å². The summed E-state index contributed by atoms with van der Waals surface area (Å²) in [6, 6.07) is 0. The second kappa shape index (κ2) is 3.09. The first-order chi connectivity index (χ1) is 7.19. The number of fused-ring (bicyclic) bond motifs is 2. The van der Waals surface area contributed by atoms with Gasteiger partial charge in [-0.2, -0.15) is 0 Å². The molecule has 0 bridgehead atoms. The van der Waals surface area contributed by atoms with Gasteiger partial charge in [-0.15, -0.1) is 0 Å². The molecule has 0 radical (unpaired) electrons. The molecule has 1 fully saturated rings. The lowest BCUT2D eigenvalue weighted by molar-refractivity contribution is 0.265. The van der Waals surface area contributed by atoms with Crippen LogP contribution in [0.5, 0.6) is 0 Å². The molecule has 3 nitrogen and oxygen atoms in total. The predicted molar refractivity (Wildman–Crippen MR) is 62.3 cm³/mol. The fourth-order valence-corrected chi connectivity index (χ4v) is 3.15. The van der Waals surface area contributed by atoms with Crippen molar-refractivity contribution < 1.29 is 5.11 Å². The summed E-state index contributed by atoms with van der Waals surface area (Å²) in [5, 5.41) is 13.2. The Labute approximate surface area is 101 Å². The lowest BCUT2D eigenvalue weighted by atomic mass is 9.97. The summed E-state index contributed by atoms with van der Waals surface area (Å²) in [6.45, 7) is 1.07. The summed E-state index contributed by atoms with van der Waals surface area (Å²) in [7, 11) is 0. The van der Waals surface area contributed by atoms with Crippen LogP contribution in [0.2, 0.25) is 5.02 Å². The molecule has 2 atom stereocenters. The number of hydrogen-bond donors (Lipinski definition) is 2. The van der Waals surface area contributed by atoms with Crippen molar-refractivity contribution >= 4 is 33.3 Å². The van der Waals surface area contributed by atoms with E-state index in [0.29, 0.717) is 5.92 Å². The molecule has 0 saturated heterocycles. The van der Waals surface area contributed by atoms with Gasteiger partial charge in [-0.05, 0) is 28.3 Å². The van der Waals surface area contributed by atoms with Crippen LogP contribution in [0.1, 0.15) is 12.0 Å². The van der Waals surface area contributed by atoms with E-state index >= 15 is 0 Å². The molecule has 1 spiro atoms. The number of aromatic nitrogens is 1. The van der Waals surface area contributed by atoms with Gasteiger partial charge in [0.25, 0.3) is 0 Å². The van der Waals surface area contributed by atoms with E-state index in [4.69, 9.17) is 11.6 Å². The predicted octanol–water partition coefficient (Wildman–Crippen LogP) is 2.17. The maximum Gasteiger partial charge on any atom is 0.131 e. The minimum absolute atomic E-state index is 0.0396. The molecule has 15 heavy (non-hydrogen) atoms. The minimum Gasteiger partial charge on any atom is -0.396 e. The van der Waals surface area contributed by atoms with E-state index in [0.717, 1.165) is 33.8 Å². The summed E-state index contributed by atoms with van der Waals surface area (Å²) in [5.41, 5.74) is 1.12. The fourth-order valence-electron chi connectivity index (χ4n) is 2.53. The van der Waals surface area contributed by atoms with Gasteiger partial charge < -0.3 is 10.4 Å². The molecule has 80 valence electrons. The van der Waals surface area contributed by atoms with Gasteiger partial charge in [0, 0.05) is 30.3 Å². The third-order valence-corrected chi connectivity index (χ3v) is 4.72. The Kier molecular flexibility index (Phi) is 2.03. The number of pyridine rings is 1. The number of aliphatic hydroxyl groups excluding tert-OH is 1. The molecule has 2 N–H and O–H groups in total. The lowest BCUT2D eigenvalue weighted by Crippen LogP contribution is -2.14. The molecular formula is C10H10BrClN2O. The van der Waals surface area contributed by atoms with Gasteiger partial charge in [-0.1, -0.05) is 11.6 Å². The third-order valence-electron chi connectivity index (χ3n) is 3.49. The Hall–Kier alpha value is -0.320. The van der Waals surface area contributed by atoms with Crippen LogP contribution in [0.3, 0.4) is 0 Å². The molecular weight excluding hydrogens is 279 g/mol. The number of halogens is 2. The molecule has 1 aliphatic carbocycles. The Morgan fingerprint density at radius 1 is 1.73 bits per heavy atom. The number of anilines is 1. The van der Waals surface area contributed by atoms with Crippen molar-refractivity contribution in [2.24, 2.45) is 5.92 Å². The van der Waals surface area contributed by atoms with Crippen LogP contribution in [-0.4, -0.2) is 23.2 Å². The highest BCUT2D eigenvalue weighted by Crippen LogP contribution is 2.60. The van der Waals surface area contributed by atoms with Crippen molar-refractivity contribution in [3.63, 3.8) is 0 Å². The second-order valence-corrected chi connectivity index (χ2v) is 5.47. The highest BCUT2D eigenvalue weighted by atomic mass is 79.9. The first-order valence-electron chi connectivity index (χ1n) is 4.88. The van der Waals surface area contributed by atoms with Crippen molar-refractivity contribution in [1.29, 1.82) is 0 Å². The largest absolute Gasteiger partial charge is 0.396 e. The molecule has 2 aliphatic rings. The summed E-state index contributed by atoms with van der Waals surface area (Å²) >= 11 is 9.66. The maximum absolute atomic E-state index is 9.21. The maximum atomic E-state index is 9.21. The zero-order valence-electron chi connectivity index (χ0n) is 7.93. The Bertz CT molecular complexity index is 440. The Balaban J connectivity index is 2.14. The number of aliphatic hydroxyl groups is 1. The molecule has 1 aliphatic heterocycles. The summed E-state index contributed by atoms with van der Waals surface area (Å²) in [5.74, 6) is 1.21. The second-order valence-electron chi connectivity index (χ2n) is 4.24. The van der Waals surface area contributed by atoms with E-state index in [2.05, 4.69) is 26.2 Å². The van der Waals surface area contributed by atoms with E-state index in [-0.39, 0.29) is 12.0 Å². The molecule has 1 aromatic rings. The molecule has 0 amide bonds. The molecule has 1 saturated carbocycles. The monoisotopic (exact) mass is 288 g/mol. The van der Waals surface area contributed by atoms with E-state index in [1.807, 2.05) is 0 Å². The van der Waals surface area contributed by atoms with E-state index in [1.165, 1.54) is 0 Å². The first-order valence-corrected chi connectivity index (χ1v) is 6.05. The third kappa shape index (κ3) is 1.19. The SMILES string of the molecule is OC[C@H]1C[C@@]12CNc1ncc(Br)c(Cl)c12. The number of rotatable bonds is 1. The average molecular weight is 290 g/mol. The van der Waals surface area contributed by atoms with Crippen molar-refractivity contribution in [2.75, 3.05) is 18.5 Å².